The van der Waals surface area contributed by atoms with Gasteiger partial charge in [0.1, 0.15) is 0 Å². The van der Waals surface area contributed by atoms with Crippen molar-refractivity contribution in [2.75, 3.05) is 7.05 Å². The molecule has 0 N–H and O–H groups in total. The van der Waals surface area contributed by atoms with Gasteiger partial charge in [-0.1, -0.05) is 26.7 Å². The van der Waals surface area contributed by atoms with E-state index in [4.69, 9.17) is 0 Å². The SMILES string of the molecule is CCCCC(C)(C)N(C)C(C)CC. The second-order valence-electron chi connectivity index (χ2n) is 4.78. The number of hydrogen-bond acceptors (Lipinski definition) is 1. The molecule has 0 heterocycles. The van der Waals surface area contributed by atoms with E-state index in [2.05, 4.69) is 46.6 Å². The summed E-state index contributed by atoms with van der Waals surface area (Å²) in [5.41, 5.74) is 0.367. The molecule has 1 atom stereocenters. The molecule has 0 rings (SSSR count). The van der Waals surface area contributed by atoms with E-state index in [1.165, 1.54) is 25.7 Å². The van der Waals surface area contributed by atoms with Crippen LogP contribution in [-0.2, 0) is 0 Å². The van der Waals surface area contributed by atoms with Crippen LogP contribution in [0.2, 0.25) is 0 Å². The second kappa shape index (κ2) is 5.64. The number of nitrogens with zero attached hydrogens (tertiary/aromatic N) is 1. The van der Waals surface area contributed by atoms with E-state index in [0.29, 0.717) is 11.6 Å². The highest BCUT2D eigenvalue weighted by molar-refractivity contribution is 4.81. The lowest BCUT2D eigenvalue weighted by atomic mass is 9.94. The lowest BCUT2D eigenvalue weighted by Gasteiger charge is -2.39. The van der Waals surface area contributed by atoms with Crippen LogP contribution in [0.1, 0.15) is 60.3 Å². The van der Waals surface area contributed by atoms with Crippen LogP contribution in [0.5, 0.6) is 0 Å². The van der Waals surface area contributed by atoms with Crippen molar-refractivity contribution in [1.29, 1.82) is 0 Å². The Morgan fingerprint density at radius 2 is 1.77 bits per heavy atom. The Morgan fingerprint density at radius 3 is 2.15 bits per heavy atom. The van der Waals surface area contributed by atoms with E-state index < -0.39 is 0 Å². The molecule has 0 amide bonds. The highest BCUT2D eigenvalue weighted by Crippen LogP contribution is 2.22. The maximum absolute atomic E-state index is 2.52. The van der Waals surface area contributed by atoms with Crippen molar-refractivity contribution in [3.63, 3.8) is 0 Å². The molecule has 0 aromatic carbocycles. The molecular weight excluding hydrogens is 158 g/mol. The van der Waals surface area contributed by atoms with Gasteiger partial charge in [-0.05, 0) is 40.7 Å². The summed E-state index contributed by atoms with van der Waals surface area (Å²) in [6, 6.07) is 0.701. The number of unbranched alkanes of at least 4 members (excludes halogenated alkanes) is 1. The van der Waals surface area contributed by atoms with E-state index in [9.17, 15) is 0 Å². The van der Waals surface area contributed by atoms with Crippen molar-refractivity contribution in [2.45, 2.75) is 71.9 Å². The maximum atomic E-state index is 2.52. The van der Waals surface area contributed by atoms with E-state index >= 15 is 0 Å². The summed E-state index contributed by atoms with van der Waals surface area (Å²) in [4.78, 5) is 2.52. The van der Waals surface area contributed by atoms with Crippen molar-refractivity contribution in [2.24, 2.45) is 0 Å². The molecule has 1 nitrogen and oxygen atoms in total. The molecule has 0 aliphatic carbocycles. The van der Waals surface area contributed by atoms with Gasteiger partial charge in [0.25, 0.3) is 0 Å². The Hall–Kier alpha value is -0.0400. The normalized spacial score (nSPS) is 15.0. The summed E-state index contributed by atoms with van der Waals surface area (Å²) in [6.45, 7) is 11.5. The van der Waals surface area contributed by atoms with Crippen molar-refractivity contribution < 1.29 is 0 Å². The van der Waals surface area contributed by atoms with Gasteiger partial charge in [0.2, 0.25) is 0 Å². The molecule has 0 saturated carbocycles. The molecule has 0 aliphatic rings. The van der Waals surface area contributed by atoms with E-state index in [1.54, 1.807) is 0 Å². The Labute approximate surface area is 84.5 Å². The van der Waals surface area contributed by atoms with Gasteiger partial charge in [-0.3, -0.25) is 4.90 Å². The van der Waals surface area contributed by atoms with E-state index in [-0.39, 0.29) is 0 Å². The lowest BCUT2D eigenvalue weighted by molar-refractivity contribution is 0.0969. The molecule has 0 spiro atoms. The van der Waals surface area contributed by atoms with Crippen molar-refractivity contribution in [3.8, 4) is 0 Å². The Bertz CT molecular complexity index is 129. The standard InChI is InChI=1S/C12H27N/c1-7-9-10-12(4,5)13(6)11(3)8-2/h11H,7-10H2,1-6H3. The Balaban J connectivity index is 4.09. The minimum Gasteiger partial charge on any atom is -0.299 e. The molecule has 0 saturated heterocycles. The maximum Gasteiger partial charge on any atom is 0.0153 e. The fourth-order valence-electron chi connectivity index (χ4n) is 1.66. The highest BCUT2D eigenvalue weighted by atomic mass is 15.2. The third-order valence-electron chi connectivity index (χ3n) is 3.35. The smallest absolute Gasteiger partial charge is 0.0153 e. The topological polar surface area (TPSA) is 3.24 Å². The molecule has 0 aromatic rings. The molecule has 0 aliphatic heterocycles. The zero-order valence-corrected chi connectivity index (χ0v) is 10.4. The third-order valence-corrected chi connectivity index (χ3v) is 3.35. The summed E-state index contributed by atoms with van der Waals surface area (Å²) in [5.74, 6) is 0. The average Bonchev–Trinajstić information content (AvgIpc) is 2.12. The fourth-order valence-corrected chi connectivity index (χ4v) is 1.66. The van der Waals surface area contributed by atoms with Gasteiger partial charge in [-0.15, -0.1) is 0 Å². The molecule has 0 aromatic heterocycles. The molecular formula is C12H27N. The first-order chi connectivity index (χ1) is 5.95. The minimum atomic E-state index is 0.367. The monoisotopic (exact) mass is 185 g/mol. The van der Waals surface area contributed by atoms with Gasteiger partial charge in [-0.2, -0.15) is 0 Å². The van der Waals surface area contributed by atoms with Crippen molar-refractivity contribution >= 4 is 0 Å². The molecule has 0 radical (unpaired) electrons. The van der Waals surface area contributed by atoms with Crippen LogP contribution in [-0.4, -0.2) is 23.5 Å². The Morgan fingerprint density at radius 1 is 1.23 bits per heavy atom. The van der Waals surface area contributed by atoms with Crippen LogP contribution in [0.3, 0.4) is 0 Å². The van der Waals surface area contributed by atoms with Gasteiger partial charge < -0.3 is 0 Å². The van der Waals surface area contributed by atoms with Crippen LogP contribution in [0, 0.1) is 0 Å². The quantitative estimate of drug-likeness (QED) is 0.610. The van der Waals surface area contributed by atoms with Crippen molar-refractivity contribution in [1.82, 2.24) is 4.90 Å². The van der Waals surface area contributed by atoms with Crippen LogP contribution in [0.4, 0.5) is 0 Å². The van der Waals surface area contributed by atoms with Crippen LogP contribution < -0.4 is 0 Å². The van der Waals surface area contributed by atoms with Crippen LogP contribution in [0.15, 0.2) is 0 Å². The zero-order chi connectivity index (χ0) is 10.5. The average molecular weight is 185 g/mol. The molecule has 80 valence electrons. The van der Waals surface area contributed by atoms with Crippen LogP contribution >= 0.6 is 0 Å². The molecule has 0 bridgehead atoms. The second-order valence-corrected chi connectivity index (χ2v) is 4.78. The summed E-state index contributed by atoms with van der Waals surface area (Å²) in [7, 11) is 2.25. The lowest BCUT2D eigenvalue weighted by Crippen LogP contribution is -2.45. The minimum absolute atomic E-state index is 0.367. The van der Waals surface area contributed by atoms with E-state index in [0.717, 1.165) is 0 Å². The van der Waals surface area contributed by atoms with Gasteiger partial charge in [0, 0.05) is 11.6 Å². The molecule has 1 unspecified atom stereocenters. The van der Waals surface area contributed by atoms with Gasteiger partial charge in [0.15, 0.2) is 0 Å². The summed E-state index contributed by atoms with van der Waals surface area (Å²) < 4.78 is 0. The van der Waals surface area contributed by atoms with Crippen LogP contribution in [0.25, 0.3) is 0 Å². The predicted molar refractivity (Wildman–Crippen MR) is 61.1 cm³/mol. The third kappa shape index (κ3) is 4.12. The fraction of sp³-hybridized carbons (Fsp3) is 1.00. The van der Waals surface area contributed by atoms with Gasteiger partial charge in [-0.25, -0.2) is 0 Å². The highest BCUT2D eigenvalue weighted by Gasteiger charge is 2.25. The molecule has 13 heavy (non-hydrogen) atoms. The Kier molecular flexibility index (Phi) is 5.62. The van der Waals surface area contributed by atoms with E-state index in [1.807, 2.05) is 0 Å². The number of hydrogen-bond donors (Lipinski definition) is 0. The predicted octanol–water partition coefficient (Wildman–Crippen LogP) is 3.69. The summed E-state index contributed by atoms with van der Waals surface area (Å²) in [5, 5.41) is 0. The first-order valence-corrected chi connectivity index (χ1v) is 5.68. The number of rotatable bonds is 6. The van der Waals surface area contributed by atoms with Gasteiger partial charge >= 0.3 is 0 Å². The largest absolute Gasteiger partial charge is 0.299 e. The molecule has 1 heteroatoms. The first kappa shape index (κ1) is 13.0. The summed E-state index contributed by atoms with van der Waals surface area (Å²) in [6.07, 6.45) is 5.20. The van der Waals surface area contributed by atoms with Crippen molar-refractivity contribution in [3.05, 3.63) is 0 Å². The zero-order valence-electron chi connectivity index (χ0n) is 10.4. The van der Waals surface area contributed by atoms with Gasteiger partial charge in [0.05, 0.1) is 0 Å². The summed E-state index contributed by atoms with van der Waals surface area (Å²) >= 11 is 0. The molecule has 0 fully saturated rings. The first-order valence-electron chi connectivity index (χ1n) is 5.68.